The molecule has 4 heteroatoms. The predicted molar refractivity (Wildman–Crippen MR) is 88.4 cm³/mol. The van der Waals surface area contributed by atoms with E-state index in [0.29, 0.717) is 0 Å². The molecule has 0 aromatic heterocycles. The Kier molecular flexibility index (Phi) is 14.5. The van der Waals surface area contributed by atoms with Gasteiger partial charge in [0.25, 0.3) is 0 Å². The molecule has 1 N–H and O–H groups in total. The van der Waals surface area contributed by atoms with Crippen LogP contribution in [0.2, 0.25) is 0 Å². The zero-order chi connectivity index (χ0) is 16.2. The molecule has 0 heterocycles. The number of aryl methyl sites for hydroxylation is 1. The van der Waals surface area contributed by atoms with Crippen LogP contribution in [0.3, 0.4) is 0 Å². The van der Waals surface area contributed by atoms with Gasteiger partial charge in [-0.05, 0) is 24.5 Å². The first-order chi connectivity index (χ1) is 10.6. The molecule has 0 bridgehead atoms. The summed E-state index contributed by atoms with van der Waals surface area (Å²) in [5, 5.41) is 20.3. The molecule has 1 aromatic carbocycles. The minimum Gasteiger partial charge on any atom is -0.872 e. The SMILES string of the molecule is CCCCCCCCCCCCc1ccc([O-])c(C(=O)O)c1.[K+]. The molecule has 0 saturated heterocycles. The second-order valence-electron chi connectivity index (χ2n) is 6.07. The second kappa shape index (κ2) is 14.5. The van der Waals surface area contributed by atoms with Crippen LogP contribution in [-0.4, -0.2) is 11.1 Å². The Morgan fingerprint density at radius 1 is 0.957 bits per heavy atom. The van der Waals surface area contributed by atoms with Gasteiger partial charge in [0, 0.05) is 0 Å². The quantitative estimate of drug-likeness (QED) is 0.465. The monoisotopic (exact) mass is 344 g/mol. The maximum atomic E-state index is 11.4. The molecule has 0 saturated carbocycles. The summed E-state index contributed by atoms with van der Waals surface area (Å²) in [5.41, 5.74) is 0.848. The molecule has 0 spiro atoms. The molecule has 0 unspecified atom stereocenters. The molecule has 3 nitrogen and oxygen atoms in total. The van der Waals surface area contributed by atoms with Gasteiger partial charge >= 0.3 is 57.4 Å². The largest absolute Gasteiger partial charge is 1.00 e. The second-order valence-corrected chi connectivity index (χ2v) is 6.07. The fourth-order valence-corrected chi connectivity index (χ4v) is 2.72. The average Bonchev–Trinajstić information content (AvgIpc) is 2.50. The molecule has 1 rings (SSSR count). The third-order valence-corrected chi connectivity index (χ3v) is 4.09. The molecular weight excluding hydrogens is 315 g/mol. The summed E-state index contributed by atoms with van der Waals surface area (Å²) in [6, 6.07) is 4.65. The van der Waals surface area contributed by atoms with E-state index in [1.165, 1.54) is 69.9 Å². The van der Waals surface area contributed by atoms with Crippen LogP contribution in [0.1, 0.15) is 87.1 Å². The fourth-order valence-electron chi connectivity index (χ4n) is 2.72. The van der Waals surface area contributed by atoms with Gasteiger partial charge in [-0.25, -0.2) is 4.79 Å². The summed E-state index contributed by atoms with van der Waals surface area (Å²) in [6.45, 7) is 2.24. The molecule has 0 aliphatic rings. The Labute approximate surface area is 183 Å². The van der Waals surface area contributed by atoms with E-state index in [9.17, 15) is 9.90 Å². The van der Waals surface area contributed by atoms with E-state index >= 15 is 0 Å². The van der Waals surface area contributed by atoms with E-state index in [0.717, 1.165) is 18.4 Å². The summed E-state index contributed by atoms with van der Waals surface area (Å²) >= 11 is 0. The smallest absolute Gasteiger partial charge is 0.872 e. The number of carboxylic acid groups (broad SMARTS) is 1. The van der Waals surface area contributed by atoms with E-state index in [4.69, 9.17) is 5.11 Å². The Morgan fingerprint density at radius 2 is 1.48 bits per heavy atom. The third-order valence-electron chi connectivity index (χ3n) is 4.09. The number of benzene rings is 1. The number of aromatic carboxylic acids is 1. The Balaban J connectivity index is 0.00000484. The van der Waals surface area contributed by atoms with Crippen LogP contribution in [0.5, 0.6) is 5.75 Å². The molecule has 124 valence electrons. The summed E-state index contributed by atoms with van der Waals surface area (Å²) in [7, 11) is 0. The minimum atomic E-state index is -1.13. The number of unbranched alkanes of at least 4 members (excludes halogenated alkanes) is 9. The fraction of sp³-hybridized carbons (Fsp3) is 0.632. The van der Waals surface area contributed by atoms with Gasteiger partial charge in [0.2, 0.25) is 0 Å². The predicted octanol–water partition coefficient (Wildman–Crippen LogP) is 1.93. The zero-order valence-corrected chi connectivity index (χ0v) is 17.9. The van der Waals surface area contributed by atoms with Crippen molar-refractivity contribution in [2.24, 2.45) is 0 Å². The number of carbonyl (C=O) groups is 1. The van der Waals surface area contributed by atoms with Gasteiger partial charge in [0.05, 0.1) is 5.56 Å². The van der Waals surface area contributed by atoms with Gasteiger partial charge in [-0.3, -0.25) is 0 Å². The van der Waals surface area contributed by atoms with Crippen molar-refractivity contribution < 1.29 is 66.4 Å². The number of hydrogen-bond donors (Lipinski definition) is 1. The molecule has 1 aromatic rings. The summed E-state index contributed by atoms with van der Waals surface area (Å²) < 4.78 is 0. The molecule has 0 radical (unpaired) electrons. The number of carboxylic acids is 1. The van der Waals surface area contributed by atoms with Crippen molar-refractivity contribution in [1.82, 2.24) is 0 Å². The van der Waals surface area contributed by atoms with Gasteiger partial charge < -0.3 is 10.2 Å². The maximum Gasteiger partial charge on any atom is 1.00 e. The van der Waals surface area contributed by atoms with Gasteiger partial charge in [0.15, 0.2) is 0 Å². The normalized spacial score (nSPS) is 10.3. The molecule has 23 heavy (non-hydrogen) atoms. The van der Waals surface area contributed by atoms with Crippen molar-refractivity contribution in [2.75, 3.05) is 0 Å². The first-order valence-corrected chi connectivity index (χ1v) is 8.68. The van der Waals surface area contributed by atoms with E-state index < -0.39 is 11.7 Å². The van der Waals surface area contributed by atoms with Gasteiger partial charge in [-0.1, -0.05) is 82.6 Å². The molecule has 0 amide bonds. The van der Waals surface area contributed by atoms with E-state index in [-0.39, 0.29) is 56.9 Å². The molecule has 0 atom stereocenters. The van der Waals surface area contributed by atoms with Crippen molar-refractivity contribution in [3.8, 4) is 5.75 Å². The van der Waals surface area contributed by atoms with Crippen molar-refractivity contribution in [3.63, 3.8) is 0 Å². The summed E-state index contributed by atoms with van der Waals surface area (Å²) in [5.74, 6) is -1.53. The van der Waals surface area contributed by atoms with Crippen LogP contribution in [0.15, 0.2) is 18.2 Å². The molecular formula is C19H29KO3. The van der Waals surface area contributed by atoms with E-state index in [1.807, 2.05) is 0 Å². The first kappa shape index (κ1) is 23.1. The van der Waals surface area contributed by atoms with Crippen LogP contribution >= 0.6 is 0 Å². The van der Waals surface area contributed by atoms with Crippen LogP contribution in [0.4, 0.5) is 0 Å². The standard InChI is InChI=1S/C19H30O3.K/c1-2-3-4-5-6-7-8-9-10-11-12-16-13-14-18(20)17(15-16)19(21)22;/h13-15,20H,2-12H2,1H3,(H,21,22);/q;+1/p-1. The number of rotatable bonds is 12. The number of hydrogen-bond acceptors (Lipinski definition) is 2. The molecule has 0 fully saturated rings. The summed E-state index contributed by atoms with van der Waals surface area (Å²) in [4.78, 5) is 10.9. The van der Waals surface area contributed by atoms with Crippen LogP contribution in [0.25, 0.3) is 0 Å². The van der Waals surface area contributed by atoms with Crippen LogP contribution in [-0.2, 0) is 6.42 Å². The molecule has 0 aliphatic carbocycles. The van der Waals surface area contributed by atoms with E-state index in [2.05, 4.69) is 6.92 Å². The van der Waals surface area contributed by atoms with Crippen molar-refractivity contribution in [1.29, 1.82) is 0 Å². The Morgan fingerprint density at radius 3 is 2.00 bits per heavy atom. The van der Waals surface area contributed by atoms with Gasteiger partial charge in [-0.2, -0.15) is 0 Å². The van der Waals surface area contributed by atoms with Crippen LogP contribution < -0.4 is 56.5 Å². The molecule has 0 aliphatic heterocycles. The Bertz CT molecular complexity index is 446. The summed E-state index contributed by atoms with van der Waals surface area (Å²) in [6.07, 6.45) is 13.7. The van der Waals surface area contributed by atoms with Crippen molar-refractivity contribution in [3.05, 3.63) is 29.3 Å². The van der Waals surface area contributed by atoms with E-state index in [1.54, 1.807) is 6.07 Å². The third kappa shape index (κ3) is 10.6. The minimum absolute atomic E-state index is 0. The maximum absolute atomic E-state index is 11.4. The van der Waals surface area contributed by atoms with Crippen molar-refractivity contribution in [2.45, 2.75) is 77.6 Å². The Hall–Kier alpha value is 0.126. The van der Waals surface area contributed by atoms with Crippen LogP contribution in [0, 0.1) is 0 Å². The zero-order valence-electron chi connectivity index (χ0n) is 14.8. The first-order valence-electron chi connectivity index (χ1n) is 8.68. The van der Waals surface area contributed by atoms with Gasteiger partial charge in [0.1, 0.15) is 0 Å². The van der Waals surface area contributed by atoms with Crippen molar-refractivity contribution >= 4 is 5.97 Å². The average molecular weight is 345 g/mol. The topological polar surface area (TPSA) is 60.4 Å². The van der Waals surface area contributed by atoms with Gasteiger partial charge in [-0.15, -0.1) is 0 Å².